The van der Waals surface area contributed by atoms with Gasteiger partial charge in [0, 0.05) is 0 Å². The SMILES string of the molecule is CCOC(=O)NC(C)(C(=O)OC)C(C)C. The van der Waals surface area contributed by atoms with Gasteiger partial charge in [0.25, 0.3) is 0 Å². The van der Waals surface area contributed by atoms with Gasteiger partial charge in [-0.2, -0.15) is 0 Å². The van der Waals surface area contributed by atoms with Crippen molar-refractivity contribution in [3.05, 3.63) is 0 Å². The predicted molar refractivity (Wildman–Crippen MR) is 55.4 cm³/mol. The summed E-state index contributed by atoms with van der Waals surface area (Å²) in [5.41, 5.74) is -1.05. The fourth-order valence-electron chi connectivity index (χ4n) is 1.02. The molecule has 0 aliphatic heterocycles. The Hall–Kier alpha value is -1.26. The minimum atomic E-state index is -1.05. The van der Waals surface area contributed by atoms with E-state index in [1.165, 1.54) is 7.11 Å². The van der Waals surface area contributed by atoms with Crippen molar-refractivity contribution in [2.45, 2.75) is 33.2 Å². The summed E-state index contributed by atoms with van der Waals surface area (Å²) in [7, 11) is 1.29. The van der Waals surface area contributed by atoms with Crippen LogP contribution in [0.15, 0.2) is 0 Å². The first-order valence-corrected chi connectivity index (χ1v) is 4.91. The summed E-state index contributed by atoms with van der Waals surface area (Å²) in [6.07, 6.45) is -0.612. The van der Waals surface area contributed by atoms with Crippen LogP contribution in [-0.4, -0.2) is 31.3 Å². The summed E-state index contributed by atoms with van der Waals surface area (Å²) in [6.45, 7) is 7.22. The standard InChI is InChI=1S/C10H19NO4/c1-6-15-9(13)11-10(4,7(2)3)8(12)14-5/h7H,6H2,1-5H3,(H,11,13). The maximum Gasteiger partial charge on any atom is 0.408 e. The summed E-state index contributed by atoms with van der Waals surface area (Å²) < 4.78 is 9.37. The molecular weight excluding hydrogens is 198 g/mol. The molecule has 5 heteroatoms. The number of nitrogens with one attached hydrogen (secondary N) is 1. The third kappa shape index (κ3) is 3.42. The van der Waals surface area contributed by atoms with Crippen LogP contribution in [0.3, 0.4) is 0 Å². The van der Waals surface area contributed by atoms with E-state index in [1.807, 2.05) is 13.8 Å². The Balaban J connectivity index is 4.66. The first-order valence-electron chi connectivity index (χ1n) is 4.91. The molecule has 0 saturated carbocycles. The molecule has 0 heterocycles. The molecule has 0 aliphatic carbocycles. The lowest BCUT2D eigenvalue weighted by Crippen LogP contribution is -2.56. The molecule has 88 valence electrons. The van der Waals surface area contributed by atoms with Gasteiger partial charge in [-0.15, -0.1) is 0 Å². The summed E-state index contributed by atoms with van der Waals surface area (Å²) >= 11 is 0. The Labute approximate surface area is 90.1 Å². The monoisotopic (exact) mass is 217 g/mol. The molecule has 0 aromatic carbocycles. The predicted octanol–water partition coefficient (Wildman–Crippen LogP) is 1.32. The summed E-state index contributed by atoms with van der Waals surface area (Å²) in [6, 6.07) is 0. The summed E-state index contributed by atoms with van der Waals surface area (Å²) in [4.78, 5) is 22.8. The fourth-order valence-corrected chi connectivity index (χ4v) is 1.02. The van der Waals surface area contributed by atoms with Crippen LogP contribution in [0, 0.1) is 5.92 Å². The highest BCUT2D eigenvalue weighted by molar-refractivity contribution is 5.85. The van der Waals surface area contributed by atoms with Gasteiger partial charge < -0.3 is 14.8 Å². The second kappa shape index (κ2) is 5.58. The Morgan fingerprint density at radius 2 is 1.93 bits per heavy atom. The quantitative estimate of drug-likeness (QED) is 0.721. The Morgan fingerprint density at radius 1 is 1.40 bits per heavy atom. The van der Waals surface area contributed by atoms with Crippen molar-refractivity contribution in [3.63, 3.8) is 0 Å². The highest BCUT2D eigenvalue weighted by Gasteiger charge is 2.39. The average molecular weight is 217 g/mol. The number of hydrogen-bond donors (Lipinski definition) is 1. The van der Waals surface area contributed by atoms with Gasteiger partial charge in [-0.3, -0.25) is 0 Å². The van der Waals surface area contributed by atoms with Crippen molar-refractivity contribution in [2.24, 2.45) is 5.92 Å². The molecule has 1 atom stereocenters. The van der Waals surface area contributed by atoms with Gasteiger partial charge in [0.05, 0.1) is 13.7 Å². The highest BCUT2D eigenvalue weighted by atomic mass is 16.6. The molecule has 0 fully saturated rings. The van der Waals surface area contributed by atoms with E-state index in [0.717, 1.165) is 0 Å². The molecule has 5 nitrogen and oxygen atoms in total. The van der Waals surface area contributed by atoms with E-state index in [2.05, 4.69) is 10.1 Å². The molecule has 0 radical (unpaired) electrons. The van der Waals surface area contributed by atoms with E-state index in [0.29, 0.717) is 0 Å². The molecule has 0 bridgehead atoms. The van der Waals surface area contributed by atoms with E-state index in [1.54, 1.807) is 13.8 Å². The zero-order chi connectivity index (χ0) is 12.1. The molecule has 15 heavy (non-hydrogen) atoms. The van der Waals surface area contributed by atoms with Crippen molar-refractivity contribution in [1.82, 2.24) is 5.32 Å². The number of amides is 1. The van der Waals surface area contributed by atoms with Crippen LogP contribution < -0.4 is 5.32 Å². The maximum absolute atomic E-state index is 11.5. The Bertz CT molecular complexity index is 240. The van der Waals surface area contributed by atoms with Crippen molar-refractivity contribution in [2.75, 3.05) is 13.7 Å². The van der Waals surface area contributed by atoms with Crippen LogP contribution in [0.1, 0.15) is 27.7 Å². The smallest absolute Gasteiger partial charge is 0.408 e. The Kier molecular flexibility index (Phi) is 5.11. The zero-order valence-corrected chi connectivity index (χ0v) is 9.92. The van der Waals surface area contributed by atoms with Crippen LogP contribution in [0.4, 0.5) is 4.79 Å². The molecule has 0 aromatic rings. The Morgan fingerprint density at radius 3 is 2.27 bits per heavy atom. The molecule has 0 saturated heterocycles. The molecule has 1 unspecified atom stereocenters. The van der Waals surface area contributed by atoms with Crippen molar-refractivity contribution >= 4 is 12.1 Å². The van der Waals surface area contributed by atoms with Crippen LogP contribution in [0.5, 0.6) is 0 Å². The largest absolute Gasteiger partial charge is 0.467 e. The van der Waals surface area contributed by atoms with Gasteiger partial charge in [-0.05, 0) is 19.8 Å². The van der Waals surface area contributed by atoms with E-state index >= 15 is 0 Å². The van der Waals surface area contributed by atoms with Gasteiger partial charge in [0.15, 0.2) is 0 Å². The second-order valence-electron chi connectivity index (χ2n) is 3.69. The molecule has 0 aromatic heterocycles. The number of rotatable bonds is 4. The average Bonchev–Trinajstić information content (AvgIpc) is 2.16. The minimum Gasteiger partial charge on any atom is -0.467 e. The van der Waals surface area contributed by atoms with Crippen LogP contribution in [0.2, 0.25) is 0 Å². The molecular formula is C10H19NO4. The highest BCUT2D eigenvalue weighted by Crippen LogP contribution is 2.18. The molecule has 0 spiro atoms. The van der Waals surface area contributed by atoms with Gasteiger partial charge in [-0.1, -0.05) is 13.8 Å². The normalized spacial score (nSPS) is 14.3. The van der Waals surface area contributed by atoms with Gasteiger partial charge in [-0.25, -0.2) is 9.59 Å². The van der Waals surface area contributed by atoms with Crippen molar-refractivity contribution in [3.8, 4) is 0 Å². The van der Waals surface area contributed by atoms with Gasteiger partial charge in [0.1, 0.15) is 5.54 Å². The lowest BCUT2D eigenvalue weighted by molar-refractivity contribution is -0.149. The van der Waals surface area contributed by atoms with Crippen molar-refractivity contribution < 1.29 is 19.1 Å². The number of ether oxygens (including phenoxy) is 2. The molecule has 0 rings (SSSR count). The van der Waals surface area contributed by atoms with E-state index < -0.39 is 17.6 Å². The lowest BCUT2D eigenvalue weighted by atomic mass is 9.89. The van der Waals surface area contributed by atoms with Crippen LogP contribution >= 0.6 is 0 Å². The van der Waals surface area contributed by atoms with Crippen molar-refractivity contribution in [1.29, 1.82) is 0 Å². The number of carbonyl (C=O) groups is 2. The number of esters is 1. The molecule has 0 aliphatic rings. The van der Waals surface area contributed by atoms with Gasteiger partial charge >= 0.3 is 12.1 Å². The topological polar surface area (TPSA) is 64.6 Å². The molecule has 1 N–H and O–H groups in total. The minimum absolute atomic E-state index is 0.0886. The second-order valence-corrected chi connectivity index (χ2v) is 3.69. The molecule has 1 amide bonds. The fraction of sp³-hybridized carbons (Fsp3) is 0.800. The summed E-state index contributed by atoms with van der Waals surface area (Å²) in [5, 5.41) is 2.51. The third-order valence-corrected chi connectivity index (χ3v) is 2.40. The van der Waals surface area contributed by atoms with Crippen LogP contribution in [0.25, 0.3) is 0 Å². The first-order chi connectivity index (χ1) is 6.88. The lowest BCUT2D eigenvalue weighted by Gasteiger charge is -2.30. The summed E-state index contributed by atoms with van der Waals surface area (Å²) in [5.74, 6) is -0.570. The maximum atomic E-state index is 11.5. The van der Waals surface area contributed by atoms with Gasteiger partial charge in [0.2, 0.25) is 0 Å². The van der Waals surface area contributed by atoms with Crippen LogP contribution in [-0.2, 0) is 14.3 Å². The number of methoxy groups -OCH3 is 1. The number of alkyl carbamates (subject to hydrolysis) is 1. The number of carbonyl (C=O) groups excluding carboxylic acids is 2. The van der Waals surface area contributed by atoms with E-state index in [9.17, 15) is 9.59 Å². The van der Waals surface area contributed by atoms with E-state index in [-0.39, 0.29) is 12.5 Å². The third-order valence-electron chi connectivity index (χ3n) is 2.40. The van der Waals surface area contributed by atoms with E-state index in [4.69, 9.17) is 4.74 Å². The zero-order valence-electron chi connectivity index (χ0n) is 9.92. The number of hydrogen-bond acceptors (Lipinski definition) is 4. The first kappa shape index (κ1) is 13.7.